The van der Waals surface area contributed by atoms with Gasteiger partial charge in [0, 0.05) is 13.1 Å². The summed E-state index contributed by atoms with van der Waals surface area (Å²) in [7, 11) is -1.72. The minimum atomic E-state index is -3.56. The van der Waals surface area contributed by atoms with E-state index in [0.29, 0.717) is 18.0 Å². The van der Waals surface area contributed by atoms with Gasteiger partial charge in [-0.25, -0.2) is 8.42 Å². The summed E-state index contributed by atoms with van der Waals surface area (Å²) in [6.07, 6.45) is 6.05. The summed E-state index contributed by atoms with van der Waals surface area (Å²) in [5, 5.41) is 3.05. The highest BCUT2D eigenvalue weighted by atomic mass is 32.2. The first-order valence-electron chi connectivity index (χ1n) is 7.06. The number of benzene rings is 1. The van der Waals surface area contributed by atoms with E-state index in [4.69, 9.17) is 6.42 Å². The van der Waals surface area contributed by atoms with E-state index in [9.17, 15) is 8.42 Å². The normalized spacial score (nSPS) is 11.6. The van der Waals surface area contributed by atoms with Crippen LogP contribution in [0.3, 0.4) is 0 Å². The van der Waals surface area contributed by atoms with Gasteiger partial charge in [0.1, 0.15) is 0 Å². The van der Waals surface area contributed by atoms with Crippen LogP contribution in [0.5, 0.6) is 0 Å². The molecule has 0 aliphatic rings. The minimum absolute atomic E-state index is 0.102. The highest BCUT2D eigenvalue weighted by molar-refractivity contribution is 7.89. The Bertz CT molecular complexity index is 630. The van der Waals surface area contributed by atoms with Gasteiger partial charge in [-0.1, -0.05) is 18.9 Å². The molecule has 0 saturated heterocycles. The second kappa shape index (κ2) is 7.60. The van der Waals surface area contributed by atoms with Crippen molar-refractivity contribution in [2.75, 3.05) is 20.1 Å². The molecule has 0 amide bonds. The Labute approximate surface area is 128 Å². The molecule has 1 rings (SSSR count). The molecule has 0 radical (unpaired) electrons. The van der Waals surface area contributed by atoms with Crippen LogP contribution >= 0.6 is 0 Å². The quantitative estimate of drug-likeness (QED) is 0.784. The topological polar surface area (TPSA) is 49.4 Å². The highest BCUT2D eigenvalue weighted by Crippen LogP contribution is 2.24. The number of sulfonamides is 1. The van der Waals surface area contributed by atoms with Gasteiger partial charge in [-0.15, -0.1) is 6.42 Å². The molecule has 5 heteroatoms. The van der Waals surface area contributed by atoms with Crippen molar-refractivity contribution in [1.29, 1.82) is 0 Å². The van der Waals surface area contributed by atoms with Crippen molar-refractivity contribution in [3.8, 4) is 12.3 Å². The second-order valence-corrected chi connectivity index (χ2v) is 7.02. The zero-order valence-corrected chi connectivity index (χ0v) is 14.0. The monoisotopic (exact) mass is 308 g/mol. The Balaban J connectivity index is 3.38. The molecule has 0 bridgehead atoms. The standard InChI is InChI=1S/C16H24N2O2S/c1-6-8-18(9-7-2)21(19,20)16-11-15(12-17-5)10-13(3)14(16)4/h1,10-11,17H,7-9,12H2,2-5H3. The fourth-order valence-electron chi connectivity index (χ4n) is 2.25. The smallest absolute Gasteiger partial charge is 0.244 e. The van der Waals surface area contributed by atoms with E-state index in [-0.39, 0.29) is 6.54 Å². The Kier molecular flexibility index (Phi) is 6.41. The third-order valence-corrected chi connectivity index (χ3v) is 5.39. The molecule has 0 spiro atoms. The molecule has 116 valence electrons. The van der Waals surface area contributed by atoms with Gasteiger partial charge in [0.05, 0.1) is 11.4 Å². The molecule has 1 aromatic rings. The SMILES string of the molecule is C#CCN(CCC)S(=O)(=O)c1cc(CNC)cc(C)c1C. The number of nitrogens with one attached hydrogen (secondary N) is 1. The maximum absolute atomic E-state index is 12.9. The maximum Gasteiger partial charge on any atom is 0.244 e. The Hall–Kier alpha value is -1.35. The lowest BCUT2D eigenvalue weighted by Gasteiger charge is -2.21. The lowest BCUT2D eigenvalue weighted by atomic mass is 10.1. The molecule has 0 saturated carbocycles. The average molecular weight is 308 g/mol. The first-order valence-corrected chi connectivity index (χ1v) is 8.50. The van der Waals surface area contributed by atoms with Gasteiger partial charge in [0.2, 0.25) is 10.0 Å². The summed E-state index contributed by atoms with van der Waals surface area (Å²) in [6, 6.07) is 3.75. The predicted octanol–water partition coefficient (Wildman–Crippen LogP) is 2.06. The molecule has 1 N–H and O–H groups in total. The summed E-state index contributed by atoms with van der Waals surface area (Å²) in [4.78, 5) is 0.358. The van der Waals surface area contributed by atoms with Crippen molar-refractivity contribution < 1.29 is 8.42 Å². The van der Waals surface area contributed by atoms with Crippen molar-refractivity contribution in [3.63, 3.8) is 0 Å². The first kappa shape index (κ1) is 17.7. The van der Waals surface area contributed by atoms with Gasteiger partial charge in [-0.2, -0.15) is 4.31 Å². The van der Waals surface area contributed by atoms with E-state index in [1.165, 1.54) is 4.31 Å². The molecule has 0 fully saturated rings. The predicted molar refractivity (Wildman–Crippen MR) is 86.6 cm³/mol. The molecule has 0 heterocycles. The maximum atomic E-state index is 12.9. The number of rotatable bonds is 7. The Morgan fingerprint density at radius 2 is 2.00 bits per heavy atom. The van der Waals surface area contributed by atoms with Crippen LogP contribution in [-0.4, -0.2) is 32.9 Å². The molecule has 21 heavy (non-hydrogen) atoms. The van der Waals surface area contributed by atoms with Crippen molar-refractivity contribution >= 4 is 10.0 Å². The van der Waals surface area contributed by atoms with Crippen LogP contribution in [0.15, 0.2) is 17.0 Å². The van der Waals surface area contributed by atoms with Crippen molar-refractivity contribution in [3.05, 3.63) is 28.8 Å². The molecule has 0 aliphatic heterocycles. The van der Waals surface area contributed by atoms with Crippen LogP contribution in [0.2, 0.25) is 0 Å². The van der Waals surface area contributed by atoms with Gasteiger partial charge in [0.25, 0.3) is 0 Å². The number of aryl methyl sites for hydroxylation is 1. The van der Waals surface area contributed by atoms with Crippen molar-refractivity contribution in [2.45, 2.75) is 38.6 Å². The van der Waals surface area contributed by atoms with Gasteiger partial charge >= 0.3 is 0 Å². The Morgan fingerprint density at radius 1 is 1.33 bits per heavy atom. The van der Waals surface area contributed by atoms with Crippen LogP contribution in [0.1, 0.15) is 30.0 Å². The van der Waals surface area contributed by atoms with E-state index < -0.39 is 10.0 Å². The van der Waals surface area contributed by atoms with E-state index >= 15 is 0 Å². The van der Waals surface area contributed by atoms with E-state index in [0.717, 1.165) is 23.1 Å². The largest absolute Gasteiger partial charge is 0.316 e. The van der Waals surface area contributed by atoms with Crippen LogP contribution in [-0.2, 0) is 16.6 Å². The summed E-state index contributed by atoms with van der Waals surface area (Å²) < 4.78 is 27.1. The van der Waals surface area contributed by atoms with Crippen LogP contribution in [0, 0.1) is 26.2 Å². The van der Waals surface area contributed by atoms with Gasteiger partial charge in [0.15, 0.2) is 0 Å². The van der Waals surface area contributed by atoms with Crippen LogP contribution in [0.4, 0.5) is 0 Å². The summed E-state index contributed by atoms with van der Waals surface area (Å²) in [6.45, 7) is 6.87. The third kappa shape index (κ3) is 4.07. The molecular formula is C16H24N2O2S. The lowest BCUT2D eigenvalue weighted by molar-refractivity contribution is 0.445. The van der Waals surface area contributed by atoms with E-state index in [2.05, 4.69) is 11.2 Å². The first-order chi connectivity index (χ1) is 9.88. The van der Waals surface area contributed by atoms with Crippen LogP contribution < -0.4 is 5.32 Å². The van der Waals surface area contributed by atoms with E-state index in [1.807, 2.05) is 33.9 Å². The minimum Gasteiger partial charge on any atom is -0.316 e. The van der Waals surface area contributed by atoms with Gasteiger partial charge in [-0.3, -0.25) is 0 Å². The van der Waals surface area contributed by atoms with Gasteiger partial charge in [-0.05, 0) is 50.1 Å². The summed E-state index contributed by atoms with van der Waals surface area (Å²) in [5.74, 6) is 2.44. The number of terminal acetylenes is 1. The molecule has 0 unspecified atom stereocenters. The van der Waals surface area contributed by atoms with Crippen LogP contribution in [0.25, 0.3) is 0 Å². The molecule has 0 aromatic heterocycles. The van der Waals surface area contributed by atoms with Crippen molar-refractivity contribution in [2.24, 2.45) is 0 Å². The highest BCUT2D eigenvalue weighted by Gasteiger charge is 2.25. The second-order valence-electron chi connectivity index (χ2n) is 5.11. The summed E-state index contributed by atoms with van der Waals surface area (Å²) >= 11 is 0. The number of nitrogens with zero attached hydrogens (tertiary/aromatic N) is 1. The Morgan fingerprint density at radius 3 is 2.52 bits per heavy atom. The lowest BCUT2D eigenvalue weighted by Crippen LogP contribution is -2.33. The number of hydrogen-bond donors (Lipinski definition) is 1. The average Bonchev–Trinajstić information content (AvgIpc) is 2.42. The zero-order chi connectivity index (χ0) is 16.0. The molecular weight excluding hydrogens is 284 g/mol. The zero-order valence-electron chi connectivity index (χ0n) is 13.2. The molecule has 0 atom stereocenters. The van der Waals surface area contributed by atoms with Crippen molar-refractivity contribution in [1.82, 2.24) is 9.62 Å². The molecule has 1 aromatic carbocycles. The van der Waals surface area contributed by atoms with Gasteiger partial charge < -0.3 is 5.32 Å². The van der Waals surface area contributed by atoms with E-state index in [1.54, 1.807) is 6.07 Å². The fourth-order valence-corrected chi connectivity index (χ4v) is 4.04. The number of hydrogen-bond acceptors (Lipinski definition) is 3. The third-order valence-electron chi connectivity index (χ3n) is 3.42. The summed E-state index contributed by atoms with van der Waals surface area (Å²) in [5.41, 5.74) is 2.71. The molecule has 4 nitrogen and oxygen atoms in total. The fraction of sp³-hybridized carbons (Fsp3) is 0.500. The molecule has 0 aliphatic carbocycles.